The van der Waals surface area contributed by atoms with Crippen LogP contribution in [0.1, 0.15) is 55.6 Å². The number of aromatic nitrogens is 3. The zero-order valence-corrected chi connectivity index (χ0v) is 25.7. The molecule has 44 heavy (non-hydrogen) atoms. The van der Waals surface area contributed by atoms with Gasteiger partial charge in [-0.2, -0.15) is 4.98 Å². The van der Waals surface area contributed by atoms with Crippen molar-refractivity contribution in [1.29, 1.82) is 0 Å². The molecule has 2 aromatic heterocycles. The fraction of sp³-hybridized carbons (Fsp3) is 0.455. The molecule has 0 bridgehead atoms. The summed E-state index contributed by atoms with van der Waals surface area (Å²) in [4.78, 5) is 31.0. The van der Waals surface area contributed by atoms with E-state index < -0.39 is 5.60 Å². The maximum Gasteiger partial charge on any atom is 0.256 e. The van der Waals surface area contributed by atoms with E-state index in [1.807, 2.05) is 12.1 Å². The SMILES string of the molecule is C=CCNC(=O)c1cnc(Nc2ccc(N3CCC4(CCN(CCF)CC4)CC3)cc2)nc1Nc1cccc(C(C)(C)O)n1. The Morgan fingerprint density at radius 2 is 1.75 bits per heavy atom. The Morgan fingerprint density at radius 3 is 2.41 bits per heavy atom. The van der Waals surface area contributed by atoms with E-state index in [2.05, 4.69) is 59.4 Å². The number of rotatable bonds is 11. The van der Waals surface area contributed by atoms with E-state index in [1.54, 1.807) is 38.1 Å². The Balaban J connectivity index is 1.26. The third kappa shape index (κ3) is 7.70. The monoisotopic (exact) mass is 602 g/mol. The molecule has 1 aromatic carbocycles. The number of hydrogen-bond donors (Lipinski definition) is 4. The molecule has 0 radical (unpaired) electrons. The highest BCUT2D eigenvalue weighted by Crippen LogP contribution is 2.42. The third-order valence-corrected chi connectivity index (χ3v) is 8.69. The lowest BCUT2D eigenvalue weighted by Gasteiger charge is -2.47. The van der Waals surface area contributed by atoms with Crippen LogP contribution in [0.25, 0.3) is 0 Å². The molecule has 1 spiro atoms. The zero-order chi connectivity index (χ0) is 31.2. The standard InChI is InChI=1S/C33H43FN8O2/c1-4-17-35-30(43)26-23-36-31(40-29(26)39-28-7-5-6-27(38-28)32(2,3)44)37-24-8-10-25(11-9-24)42-20-14-33(15-21-42)12-18-41(19-13-33)22-16-34/h4-11,23,44H,1,12-22H2,2-3H3,(H,35,43)(H2,36,37,38,39,40). The first-order chi connectivity index (χ1) is 21.2. The molecule has 2 fully saturated rings. The molecule has 2 saturated heterocycles. The van der Waals surface area contributed by atoms with E-state index in [9.17, 15) is 14.3 Å². The number of alkyl halides is 1. The van der Waals surface area contributed by atoms with Crippen molar-refractivity contribution in [1.82, 2.24) is 25.2 Å². The number of carbonyl (C=O) groups excluding carboxylic acids is 1. The summed E-state index contributed by atoms with van der Waals surface area (Å²) in [5.41, 5.74) is 1.99. The highest BCUT2D eigenvalue weighted by atomic mass is 19.1. The second-order valence-corrected chi connectivity index (χ2v) is 12.2. The number of hydrogen-bond acceptors (Lipinski definition) is 9. The molecule has 2 aliphatic heterocycles. The van der Waals surface area contributed by atoms with Crippen LogP contribution in [0.3, 0.4) is 0 Å². The van der Waals surface area contributed by atoms with Crippen LogP contribution >= 0.6 is 0 Å². The number of amides is 1. The lowest BCUT2D eigenvalue weighted by Crippen LogP contribution is -2.47. The number of likely N-dealkylation sites (tertiary alicyclic amines) is 1. The Labute approximate surface area is 258 Å². The lowest BCUT2D eigenvalue weighted by atomic mass is 9.71. The first-order valence-electron chi connectivity index (χ1n) is 15.3. The first kappa shape index (κ1) is 31.3. The topological polar surface area (TPSA) is 119 Å². The van der Waals surface area contributed by atoms with Crippen LogP contribution in [0, 0.1) is 5.41 Å². The number of nitrogens with zero attached hydrogens (tertiary/aromatic N) is 5. The van der Waals surface area contributed by atoms with Crippen LogP contribution < -0.4 is 20.9 Å². The summed E-state index contributed by atoms with van der Waals surface area (Å²) in [7, 11) is 0. The maximum atomic E-state index is 12.9. The molecular formula is C33H43FN8O2. The first-order valence-corrected chi connectivity index (χ1v) is 15.3. The highest BCUT2D eigenvalue weighted by molar-refractivity contribution is 5.99. The quantitative estimate of drug-likeness (QED) is 0.221. The van der Waals surface area contributed by atoms with Crippen molar-refractivity contribution >= 4 is 34.9 Å². The summed E-state index contributed by atoms with van der Waals surface area (Å²) in [6, 6.07) is 13.5. The molecule has 0 aliphatic carbocycles. The fourth-order valence-electron chi connectivity index (χ4n) is 5.92. The number of carbonyl (C=O) groups is 1. The van der Waals surface area contributed by atoms with Gasteiger partial charge in [0.2, 0.25) is 5.95 Å². The molecule has 1 amide bonds. The predicted octanol–water partition coefficient (Wildman–Crippen LogP) is 5.15. The van der Waals surface area contributed by atoms with Gasteiger partial charge in [-0.1, -0.05) is 12.1 Å². The van der Waals surface area contributed by atoms with Crippen LogP contribution in [-0.2, 0) is 5.60 Å². The molecule has 4 heterocycles. The Morgan fingerprint density at radius 1 is 1.05 bits per heavy atom. The second kappa shape index (κ2) is 13.7. The summed E-state index contributed by atoms with van der Waals surface area (Å²) < 4.78 is 12.7. The van der Waals surface area contributed by atoms with Gasteiger partial charge in [-0.3, -0.25) is 4.79 Å². The van der Waals surface area contributed by atoms with Crippen molar-refractivity contribution in [3.05, 3.63) is 72.6 Å². The number of pyridine rings is 1. The normalized spacial score (nSPS) is 16.9. The van der Waals surface area contributed by atoms with Gasteiger partial charge in [0.15, 0.2) is 0 Å². The Kier molecular flexibility index (Phi) is 9.75. The number of halogens is 1. The molecule has 10 nitrogen and oxygen atoms in total. The van der Waals surface area contributed by atoms with E-state index in [1.165, 1.54) is 24.7 Å². The van der Waals surface area contributed by atoms with Crippen molar-refractivity contribution in [2.24, 2.45) is 5.41 Å². The summed E-state index contributed by atoms with van der Waals surface area (Å²) in [5.74, 6) is 0.678. The second-order valence-electron chi connectivity index (χ2n) is 12.2. The largest absolute Gasteiger partial charge is 0.384 e. The van der Waals surface area contributed by atoms with Gasteiger partial charge in [-0.05, 0) is 94.4 Å². The van der Waals surface area contributed by atoms with Crippen LogP contribution in [0.4, 0.5) is 33.3 Å². The van der Waals surface area contributed by atoms with Crippen molar-refractivity contribution in [3.8, 4) is 0 Å². The molecule has 234 valence electrons. The average Bonchev–Trinajstić information content (AvgIpc) is 3.02. The van der Waals surface area contributed by atoms with E-state index in [4.69, 9.17) is 0 Å². The molecule has 11 heteroatoms. The smallest absolute Gasteiger partial charge is 0.256 e. The molecule has 3 aromatic rings. The molecule has 0 atom stereocenters. The van der Waals surface area contributed by atoms with Crippen molar-refractivity contribution in [2.45, 2.75) is 45.1 Å². The van der Waals surface area contributed by atoms with Crippen LogP contribution in [0.15, 0.2) is 61.3 Å². The summed E-state index contributed by atoms with van der Waals surface area (Å²) in [6.45, 7) is 11.6. The summed E-state index contributed by atoms with van der Waals surface area (Å²) in [6.07, 6.45) is 7.73. The van der Waals surface area contributed by atoms with E-state index in [0.717, 1.165) is 44.7 Å². The van der Waals surface area contributed by atoms with Gasteiger partial charge in [0.25, 0.3) is 5.91 Å². The van der Waals surface area contributed by atoms with Crippen LogP contribution in [0.5, 0.6) is 0 Å². The van der Waals surface area contributed by atoms with Gasteiger partial charge < -0.3 is 30.9 Å². The summed E-state index contributed by atoms with van der Waals surface area (Å²) >= 11 is 0. The van der Waals surface area contributed by atoms with Crippen molar-refractivity contribution in [2.75, 3.05) is 61.5 Å². The number of piperidine rings is 2. The minimum atomic E-state index is -1.13. The number of nitrogens with one attached hydrogen (secondary N) is 3. The Hall–Kier alpha value is -4.09. The zero-order valence-electron chi connectivity index (χ0n) is 25.7. The molecular weight excluding hydrogens is 559 g/mol. The maximum absolute atomic E-state index is 12.9. The molecule has 0 saturated carbocycles. The van der Waals surface area contributed by atoms with Gasteiger partial charge >= 0.3 is 0 Å². The number of benzene rings is 1. The van der Waals surface area contributed by atoms with E-state index >= 15 is 0 Å². The molecule has 0 unspecified atom stereocenters. The van der Waals surface area contributed by atoms with E-state index in [-0.39, 0.29) is 24.0 Å². The Bertz CT molecular complexity index is 1420. The van der Waals surface area contributed by atoms with Gasteiger partial charge in [-0.25, -0.2) is 14.4 Å². The highest BCUT2D eigenvalue weighted by Gasteiger charge is 2.37. The third-order valence-electron chi connectivity index (χ3n) is 8.69. The predicted molar refractivity (Wildman–Crippen MR) is 173 cm³/mol. The van der Waals surface area contributed by atoms with Gasteiger partial charge in [0, 0.05) is 43.8 Å². The summed E-state index contributed by atoms with van der Waals surface area (Å²) in [5, 5.41) is 19.5. The van der Waals surface area contributed by atoms with E-state index in [0.29, 0.717) is 36.0 Å². The van der Waals surface area contributed by atoms with Gasteiger partial charge in [0.05, 0.1) is 5.69 Å². The minimum absolute atomic E-state index is 0.249. The lowest BCUT2D eigenvalue weighted by molar-refractivity contribution is 0.0740. The number of aliphatic hydroxyl groups is 1. The van der Waals surface area contributed by atoms with Gasteiger partial charge in [-0.15, -0.1) is 6.58 Å². The van der Waals surface area contributed by atoms with Crippen LogP contribution in [-0.4, -0.2) is 76.8 Å². The molecule has 4 N–H and O–H groups in total. The average molecular weight is 603 g/mol. The van der Waals surface area contributed by atoms with Crippen molar-refractivity contribution in [3.63, 3.8) is 0 Å². The molecule has 5 rings (SSSR count). The molecule has 2 aliphatic rings. The van der Waals surface area contributed by atoms with Gasteiger partial charge in [0.1, 0.15) is 29.5 Å². The fourth-order valence-corrected chi connectivity index (χ4v) is 5.92. The van der Waals surface area contributed by atoms with Crippen LogP contribution in [0.2, 0.25) is 0 Å². The van der Waals surface area contributed by atoms with Crippen molar-refractivity contribution < 1.29 is 14.3 Å². The minimum Gasteiger partial charge on any atom is -0.384 e. The number of anilines is 5.